The number of benzene rings is 1. The molecule has 3 rings (SSSR count). The molecule has 1 amide bonds. The second kappa shape index (κ2) is 7.45. The molecule has 1 aliphatic heterocycles. The van der Waals surface area contributed by atoms with Gasteiger partial charge in [-0.25, -0.2) is 4.68 Å². The van der Waals surface area contributed by atoms with Gasteiger partial charge in [-0.15, -0.1) is 0 Å². The molecule has 1 aromatic heterocycles. The molecule has 24 heavy (non-hydrogen) atoms. The molecule has 0 spiro atoms. The lowest BCUT2D eigenvalue weighted by Gasteiger charge is -2.14. The molecule has 2 N–H and O–H groups in total. The van der Waals surface area contributed by atoms with Gasteiger partial charge in [0.25, 0.3) is 0 Å². The number of aryl methyl sites for hydroxylation is 1. The summed E-state index contributed by atoms with van der Waals surface area (Å²) in [6, 6.07) is 9.92. The first-order chi connectivity index (χ1) is 11.7. The van der Waals surface area contributed by atoms with E-state index in [1.54, 1.807) is 0 Å². The SMILES string of the molecule is CCc1nn(-c2ccccc2)c(NC(=O)CC2=CCNCC2)c1C. The Balaban J connectivity index is 1.85. The Bertz CT molecular complexity index is 746. The monoisotopic (exact) mass is 324 g/mol. The maximum Gasteiger partial charge on any atom is 0.229 e. The Hall–Kier alpha value is -2.40. The first kappa shape index (κ1) is 16.5. The minimum atomic E-state index is 0.0194. The molecular weight excluding hydrogens is 300 g/mol. The van der Waals surface area contributed by atoms with Crippen LogP contribution >= 0.6 is 0 Å². The van der Waals surface area contributed by atoms with Crippen molar-refractivity contribution < 1.29 is 4.79 Å². The van der Waals surface area contributed by atoms with Crippen molar-refractivity contribution in [1.29, 1.82) is 0 Å². The fourth-order valence-corrected chi connectivity index (χ4v) is 2.99. The Kier molecular flexibility index (Phi) is 5.11. The Labute approximate surface area is 142 Å². The van der Waals surface area contributed by atoms with Crippen LogP contribution in [0.1, 0.15) is 31.0 Å². The van der Waals surface area contributed by atoms with Gasteiger partial charge in [0.1, 0.15) is 5.82 Å². The van der Waals surface area contributed by atoms with Gasteiger partial charge in [0.05, 0.1) is 11.4 Å². The number of aromatic nitrogens is 2. The van der Waals surface area contributed by atoms with Crippen molar-refractivity contribution in [2.45, 2.75) is 33.1 Å². The van der Waals surface area contributed by atoms with E-state index in [1.165, 1.54) is 5.57 Å². The third-order valence-corrected chi connectivity index (χ3v) is 4.36. The molecule has 2 aromatic rings. The number of rotatable bonds is 5. The highest BCUT2D eigenvalue weighted by molar-refractivity contribution is 5.92. The number of hydrogen-bond donors (Lipinski definition) is 2. The molecule has 0 fully saturated rings. The van der Waals surface area contributed by atoms with Crippen LogP contribution < -0.4 is 10.6 Å². The van der Waals surface area contributed by atoms with E-state index in [0.29, 0.717) is 6.42 Å². The number of nitrogens with zero attached hydrogens (tertiary/aromatic N) is 2. The molecule has 0 aliphatic carbocycles. The summed E-state index contributed by atoms with van der Waals surface area (Å²) in [5.41, 5.74) is 4.20. The summed E-state index contributed by atoms with van der Waals surface area (Å²) in [5, 5.41) is 11.0. The molecule has 0 saturated heterocycles. The lowest BCUT2D eigenvalue weighted by Crippen LogP contribution is -2.23. The van der Waals surface area contributed by atoms with Gasteiger partial charge in [0, 0.05) is 18.5 Å². The van der Waals surface area contributed by atoms with Crippen molar-refractivity contribution in [2.24, 2.45) is 0 Å². The lowest BCUT2D eigenvalue weighted by atomic mass is 10.1. The fraction of sp³-hybridized carbons (Fsp3) is 0.368. The predicted octanol–water partition coefficient (Wildman–Crippen LogP) is 2.99. The highest BCUT2D eigenvalue weighted by Gasteiger charge is 2.17. The zero-order valence-electron chi connectivity index (χ0n) is 14.3. The van der Waals surface area contributed by atoms with Crippen LogP contribution in [0.15, 0.2) is 42.0 Å². The molecule has 0 saturated carbocycles. The topological polar surface area (TPSA) is 59.0 Å². The van der Waals surface area contributed by atoms with Gasteiger partial charge >= 0.3 is 0 Å². The average molecular weight is 324 g/mol. The molecule has 1 aliphatic rings. The molecule has 0 atom stereocenters. The molecule has 5 heteroatoms. The van der Waals surface area contributed by atoms with Gasteiger partial charge in [-0.05, 0) is 38.4 Å². The first-order valence-electron chi connectivity index (χ1n) is 8.51. The van der Waals surface area contributed by atoms with Crippen molar-refractivity contribution in [3.8, 4) is 5.69 Å². The first-order valence-corrected chi connectivity index (χ1v) is 8.51. The normalized spacial score (nSPS) is 14.3. The Morgan fingerprint density at radius 1 is 1.33 bits per heavy atom. The molecule has 2 heterocycles. The van der Waals surface area contributed by atoms with Crippen molar-refractivity contribution in [1.82, 2.24) is 15.1 Å². The standard InChI is InChI=1S/C19H24N4O/c1-3-17-14(2)19(23(22-17)16-7-5-4-6-8-16)21-18(24)13-15-9-11-20-12-10-15/h4-9,20H,3,10-13H2,1-2H3,(H,21,24). The molecular formula is C19H24N4O. The van der Waals surface area contributed by atoms with Crippen LogP contribution in [0.25, 0.3) is 5.69 Å². The Morgan fingerprint density at radius 3 is 2.79 bits per heavy atom. The number of amides is 1. The zero-order chi connectivity index (χ0) is 16.9. The summed E-state index contributed by atoms with van der Waals surface area (Å²) < 4.78 is 1.84. The summed E-state index contributed by atoms with van der Waals surface area (Å²) in [7, 11) is 0. The number of carbonyl (C=O) groups is 1. The lowest BCUT2D eigenvalue weighted by molar-refractivity contribution is -0.115. The number of hydrogen-bond acceptors (Lipinski definition) is 3. The third kappa shape index (κ3) is 3.57. The highest BCUT2D eigenvalue weighted by atomic mass is 16.1. The average Bonchev–Trinajstić information content (AvgIpc) is 2.92. The van der Waals surface area contributed by atoms with E-state index in [2.05, 4.69) is 28.7 Å². The maximum absolute atomic E-state index is 12.5. The minimum Gasteiger partial charge on any atom is -0.313 e. The summed E-state index contributed by atoms with van der Waals surface area (Å²) >= 11 is 0. The van der Waals surface area contributed by atoms with E-state index in [0.717, 1.165) is 48.7 Å². The summed E-state index contributed by atoms with van der Waals surface area (Å²) in [6.07, 6.45) is 4.33. The van der Waals surface area contributed by atoms with Crippen LogP contribution in [0.5, 0.6) is 0 Å². The van der Waals surface area contributed by atoms with Crippen LogP contribution in [0.2, 0.25) is 0 Å². The highest BCUT2D eigenvalue weighted by Crippen LogP contribution is 2.24. The summed E-state index contributed by atoms with van der Waals surface area (Å²) in [4.78, 5) is 12.5. The summed E-state index contributed by atoms with van der Waals surface area (Å²) in [6.45, 7) is 5.89. The fourth-order valence-electron chi connectivity index (χ4n) is 2.99. The third-order valence-electron chi connectivity index (χ3n) is 4.36. The maximum atomic E-state index is 12.5. The summed E-state index contributed by atoms with van der Waals surface area (Å²) in [5.74, 6) is 0.795. The predicted molar refractivity (Wildman–Crippen MR) is 96.5 cm³/mol. The van der Waals surface area contributed by atoms with Crippen molar-refractivity contribution in [3.05, 3.63) is 53.2 Å². The Morgan fingerprint density at radius 2 is 2.12 bits per heavy atom. The second-order valence-corrected chi connectivity index (χ2v) is 6.06. The van der Waals surface area contributed by atoms with Crippen molar-refractivity contribution in [2.75, 3.05) is 18.4 Å². The quantitative estimate of drug-likeness (QED) is 0.831. The van der Waals surface area contributed by atoms with E-state index < -0.39 is 0 Å². The molecule has 126 valence electrons. The number of anilines is 1. The van der Waals surface area contributed by atoms with Crippen LogP contribution in [-0.2, 0) is 11.2 Å². The van der Waals surface area contributed by atoms with Crippen LogP contribution in [0, 0.1) is 6.92 Å². The van der Waals surface area contributed by atoms with Gasteiger partial charge in [-0.3, -0.25) is 4.79 Å². The van der Waals surface area contributed by atoms with E-state index in [4.69, 9.17) is 0 Å². The molecule has 0 bridgehead atoms. The number of para-hydroxylation sites is 1. The van der Waals surface area contributed by atoms with Crippen LogP contribution in [-0.4, -0.2) is 28.8 Å². The largest absolute Gasteiger partial charge is 0.313 e. The smallest absolute Gasteiger partial charge is 0.229 e. The van der Waals surface area contributed by atoms with E-state index in [1.807, 2.05) is 41.9 Å². The molecule has 1 aromatic carbocycles. The van der Waals surface area contributed by atoms with Gasteiger partial charge in [0.15, 0.2) is 0 Å². The molecule has 0 unspecified atom stereocenters. The van der Waals surface area contributed by atoms with E-state index >= 15 is 0 Å². The number of nitrogens with one attached hydrogen (secondary N) is 2. The van der Waals surface area contributed by atoms with Crippen LogP contribution in [0.3, 0.4) is 0 Å². The van der Waals surface area contributed by atoms with E-state index in [-0.39, 0.29) is 5.91 Å². The van der Waals surface area contributed by atoms with Gasteiger partial charge in [0.2, 0.25) is 5.91 Å². The van der Waals surface area contributed by atoms with Gasteiger partial charge in [-0.2, -0.15) is 5.10 Å². The van der Waals surface area contributed by atoms with E-state index in [9.17, 15) is 4.79 Å². The molecule has 5 nitrogen and oxygen atoms in total. The zero-order valence-corrected chi connectivity index (χ0v) is 14.3. The van der Waals surface area contributed by atoms with Gasteiger partial charge in [-0.1, -0.05) is 36.8 Å². The van der Waals surface area contributed by atoms with Gasteiger partial charge < -0.3 is 10.6 Å². The minimum absolute atomic E-state index is 0.0194. The molecule has 0 radical (unpaired) electrons. The van der Waals surface area contributed by atoms with Crippen molar-refractivity contribution in [3.63, 3.8) is 0 Å². The van der Waals surface area contributed by atoms with Crippen LogP contribution in [0.4, 0.5) is 5.82 Å². The second-order valence-electron chi connectivity index (χ2n) is 6.06. The number of carbonyl (C=O) groups excluding carboxylic acids is 1. The van der Waals surface area contributed by atoms with Crippen molar-refractivity contribution >= 4 is 11.7 Å².